The lowest BCUT2D eigenvalue weighted by molar-refractivity contribution is -0.118. The van der Waals surface area contributed by atoms with Crippen LogP contribution in [0.25, 0.3) is 0 Å². The van der Waals surface area contributed by atoms with Crippen molar-refractivity contribution >= 4 is 17.5 Å². The number of morpholine rings is 1. The maximum atomic E-state index is 14.2. The quantitative estimate of drug-likeness (QED) is 0.882. The first-order chi connectivity index (χ1) is 13.5. The summed E-state index contributed by atoms with van der Waals surface area (Å²) in [6, 6.07) is 13.3. The number of rotatable bonds is 4. The predicted molar refractivity (Wildman–Crippen MR) is 104 cm³/mol. The van der Waals surface area contributed by atoms with Gasteiger partial charge < -0.3 is 15.0 Å². The summed E-state index contributed by atoms with van der Waals surface area (Å²) in [5.74, 6) is -0.676. The number of carbonyl (C=O) groups excluding carboxylic acids is 2. The number of ether oxygens (including phenoxy) is 1. The van der Waals surface area contributed by atoms with Crippen molar-refractivity contribution in [2.45, 2.75) is 31.2 Å². The van der Waals surface area contributed by atoms with Crippen molar-refractivity contribution in [3.63, 3.8) is 0 Å². The molecule has 1 atom stereocenters. The summed E-state index contributed by atoms with van der Waals surface area (Å²) >= 11 is 0. The molecule has 1 saturated heterocycles. The lowest BCUT2D eigenvalue weighted by Gasteiger charge is -2.33. The van der Waals surface area contributed by atoms with Crippen LogP contribution in [0.2, 0.25) is 0 Å². The zero-order valence-electron chi connectivity index (χ0n) is 15.8. The zero-order chi connectivity index (χ0) is 19.7. The number of hydrogen-bond donors (Lipinski definition) is 1. The Labute approximate surface area is 163 Å². The second-order valence-electron chi connectivity index (χ2n) is 7.52. The fourth-order valence-electron chi connectivity index (χ4n) is 3.77. The maximum Gasteiger partial charge on any atom is 0.254 e. The molecule has 2 aliphatic rings. The van der Waals surface area contributed by atoms with Gasteiger partial charge in [0.25, 0.3) is 5.91 Å². The molecule has 1 heterocycles. The first-order valence-corrected chi connectivity index (χ1v) is 9.56. The summed E-state index contributed by atoms with van der Waals surface area (Å²) < 4.78 is 19.6. The van der Waals surface area contributed by atoms with E-state index >= 15 is 0 Å². The third kappa shape index (κ3) is 3.40. The van der Waals surface area contributed by atoms with Crippen molar-refractivity contribution in [3.05, 3.63) is 65.5 Å². The lowest BCUT2D eigenvalue weighted by atomic mass is 9.94. The van der Waals surface area contributed by atoms with E-state index in [1.54, 1.807) is 47.4 Å². The van der Waals surface area contributed by atoms with Crippen LogP contribution in [0, 0.1) is 5.82 Å². The van der Waals surface area contributed by atoms with Crippen LogP contribution >= 0.6 is 0 Å². The molecule has 28 heavy (non-hydrogen) atoms. The molecule has 0 radical (unpaired) electrons. The summed E-state index contributed by atoms with van der Waals surface area (Å²) in [4.78, 5) is 27.5. The Balaban J connectivity index is 1.52. The SMILES string of the molecule is CC1COCCN1C(=O)c1cccc(NC(=O)C2(c3ccccc3F)CC2)c1. The van der Waals surface area contributed by atoms with Crippen LogP contribution < -0.4 is 5.32 Å². The van der Waals surface area contributed by atoms with E-state index in [0.717, 1.165) is 0 Å². The lowest BCUT2D eigenvalue weighted by Crippen LogP contribution is -2.47. The normalized spacial score (nSPS) is 20.5. The number of hydrogen-bond acceptors (Lipinski definition) is 3. The van der Waals surface area contributed by atoms with Gasteiger partial charge in [-0.1, -0.05) is 24.3 Å². The summed E-state index contributed by atoms with van der Waals surface area (Å²) in [7, 11) is 0. The molecule has 1 aliphatic heterocycles. The third-order valence-corrected chi connectivity index (χ3v) is 5.57. The standard InChI is InChI=1S/C22H23FN2O3/c1-15-14-28-12-11-25(15)20(26)16-5-4-6-17(13-16)24-21(27)22(9-10-22)18-7-2-3-8-19(18)23/h2-8,13,15H,9-12,14H2,1H3,(H,24,27). The minimum absolute atomic E-state index is 0.00952. The molecular formula is C22H23FN2O3. The minimum Gasteiger partial charge on any atom is -0.377 e. The third-order valence-electron chi connectivity index (χ3n) is 5.57. The molecule has 4 rings (SSSR count). The van der Waals surface area contributed by atoms with E-state index in [4.69, 9.17) is 4.74 Å². The van der Waals surface area contributed by atoms with Gasteiger partial charge in [-0.25, -0.2) is 4.39 Å². The molecular weight excluding hydrogens is 359 g/mol. The van der Waals surface area contributed by atoms with Crippen molar-refractivity contribution in [2.75, 3.05) is 25.1 Å². The Kier molecular flexibility index (Phi) is 4.89. The van der Waals surface area contributed by atoms with E-state index in [1.807, 2.05) is 6.92 Å². The van der Waals surface area contributed by atoms with Gasteiger partial charge in [0.2, 0.25) is 5.91 Å². The number of carbonyl (C=O) groups is 2. The average Bonchev–Trinajstić information content (AvgIpc) is 3.50. The Bertz CT molecular complexity index is 910. The second kappa shape index (κ2) is 7.36. The molecule has 0 bridgehead atoms. The molecule has 146 valence electrons. The zero-order valence-corrected chi connectivity index (χ0v) is 15.8. The van der Waals surface area contributed by atoms with Gasteiger partial charge in [0.15, 0.2) is 0 Å². The van der Waals surface area contributed by atoms with Crippen molar-refractivity contribution in [3.8, 4) is 0 Å². The number of benzene rings is 2. The van der Waals surface area contributed by atoms with E-state index in [2.05, 4.69) is 5.32 Å². The summed E-state index contributed by atoms with van der Waals surface area (Å²) in [6.45, 7) is 3.55. The van der Waals surface area contributed by atoms with E-state index in [-0.39, 0.29) is 23.7 Å². The highest BCUT2D eigenvalue weighted by Gasteiger charge is 2.52. The first kappa shape index (κ1) is 18.6. The molecule has 5 nitrogen and oxygen atoms in total. The number of amides is 2. The number of halogens is 1. The molecule has 1 N–H and O–H groups in total. The Morgan fingerprint density at radius 3 is 2.68 bits per heavy atom. The Morgan fingerprint density at radius 2 is 1.96 bits per heavy atom. The van der Waals surface area contributed by atoms with Crippen molar-refractivity contribution in [1.82, 2.24) is 4.90 Å². The summed E-state index contributed by atoms with van der Waals surface area (Å²) in [5.41, 5.74) is 0.674. The molecule has 0 aromatic heterocycles. The molecule has 1 saturated carbocycles. The van der Waals surface area contributed by atoms with Gasteiger partial charge >= 0.3 is 0 Å². The number of nitrogens with zero attached hydrogens (tertiary/aromatic N) is 1. The van der Waals surface area contributed by atoms with Gasteiger partial charge in [0, 0.05) is 23.4 Å². The molecule has 6 heteroatoms. The van der Waals surface area contributed by atoms with Crippen LogP contribution in [0.4, 0.5) is 10.1 Å². The van der Waals surface area contributed by atoms with E-state index < -0.39 is 5.41 Å². The molecule has 2 fully saturated rings. The first-order valence-electron chi connectivity index (χ1n) is 9.56. The Hall–Kier alpha value is -2.73. The van der Waals surface area contributed by atoms with Crippen molar-refractivity contribution in [1.29, 1.82) is 0 Å². The number of anilines is 1. The molecule has 2 aromatic carbocycles. The van der Waals surface area contributed by atoms with Crippen molar-refractivity contribution in [2.24, 2.45) is 0 Å². The molecule has 0 spiro atoms. The fraction of sp³-hybridized carbons (Fsp3) is 0.364. The monoisotopic (exact) mass is 382 g/mol. The van der Waals surface area contributed by atoms with Crippen molar-refractivity contribution < 1.29 is 18.7 Å². The maximum absolute atomic E-state index is 14.2. The topological polar surface area (TPSA) is 58.6 Å². The molecule has 1 unspecified atom stereocenters. The summed E-state index contributed by atoms with van der Waals surface area (Å²) in [6.07, 6.45) is 1.23. The number of nitrogens with one attached hydrogen (secondary N) is 1. The van der Waals surface area contributed by atoms with Gasteiger partial charge in [-0.15, -0.1) is 0 Å². The highest BCUT2D eigenvalue weighted by atomic mass is 19.1. The molecule has 1 aliphatic carbocycles. The van der Waals surface area contributed by atoms with Crippen LogP contribution in [-0.2, 0) is 14.9 Å². The van der Waals surface area contributed by atoms with Crippen LogP contribution in [0.3, 0.4) is 0 Å². The highest BCUT2D eigenvalue weighted by Crippen LogP contribution is 2.49. The summed E-state index contributed by atoms with van der Waals surface area (Å²) in [5, 5.41) is 2.88. The van der Waals surface area contributed by atoms with Gasteiger partial charge in [-0.05, 0) is 44.0 Å². The average molecular weight is 382 g/mol. The minimum atomic E-state index is -0.815. The second-order valence-corrected chi connectivity index (χ2v) is 7.52. The highest BCUT2D eigenvalue weighted by molar-refractivity contribution is 6.02. The smallest absolute Gasteiger partial charge is 0.254 e. The van der Waals surface area contributed by atoms with Gasteiger partial charge in [-0.2, -0.15) is 0 Å². The predicted octanol–water partition coefficient (Wildman–Crippen LogP) is 3.36. The van der Waals surface area contributed by atoms with Gasteiger partial charge in [-0.3, -0.25) is 9.59 Å². The Morgan fingerprint density at radius 1 is 1.18 bits per heavy atom. The van der Waals surface area contributed by atoms with Gasteiger partial charge in [0.1, 0.15) is 5.82 Å². The molecule has 2 aromatic rings. The largest absolute Gasteiger partial charge is 0.377 e. The van der Waals surface area contributed by atoms with Crippen LogP contribution in [0.5, 0.6) is 0 Å². The van der Waals surface area contributed by atoms with Crippen LogP contribution in [0.1, 0.15) is 35.7 Å². The molecule has 2 amide bonds. The van der Waals surface area contributed by atoms with Crippen LogP contribution in [-0.4, -0.2) is 42.5 Å². The van der Waals surface area contributed by atoms with E-state index in [1.165, 1.54) is 6.07 Å². The van der Waals surface area contributed by atoms with Gasteiger partial charge in [0.05, 0.1) is 24.7 Å². The van der Waals surface area contributed by atoms with Crippen LogP contribution in [0.15, 0.2) is 48.5 Å². The fourth-order valence-corrected chi connectivity index (χ4v) is 3.77. The van der Waals surface area contributed by atoms with E-state index in [9.17, 15) is 14.0 Å². The van der Waals surface area contributed by atoms with E-state index in [0.29, 0.717) is 49.4 Å².